The molecule has 8 nitrogen and oxygen atoms in total. The van der Waals surface area contributed by atoms with Gasteiger partial charge >= 0.3 is 5.97 Å². The fourth-order valence-electron chi connectivity index (χ4n) is 3.77. The Balaban J connectivity index is 1.62. The third-order valence-corrected chi connectivity index (χ3v) is 7.49. The molecule has 31 heavy (non-hydrogen) atoms. The summed E-state index contributed by atoms with van der Waals surface area (Å²) in [6.45, 7) is 2.24. The zero-order valence-electron chi connectivity index (χ0n) is 17.6. The van der Waals surface area contributed by atoms with Gasteiger partial charge in [0.05, 0.1) is 16.7 Å². The molecule has 172 valence electrons. The molecular formula is C21H29ClN2O6S. The first-order valence-corrected chi connectivity index (χ1v) is 12.5. The van der Waals surface area contributed by atoms with E-state index in [0.29, 0.717) is 6.61 Å². The van der Waals surface area contributed by atoms with Crippen LogP contribution in [0.1, 0.15) is 62.2 Å². The van der Waals surface area contributed by atoms with Gasteiger partial charge in [0.1, 0.15) is 4.90 Å². The topological polar surface area (TPSA) is 111 Å². The second-order valence-electron chi connectivity index (χ2n) is 8.02. The smallest absolute Gasteiger partial charge is 0.338 e. The Kier molecular flexibility index (Phi) is 8.32. The van der Waals surface area contributed by atoms with Gasteiger partial charge in [-0.05, 0) is 50.8 Å². The SMILES string of the molecule is CC(OC(=O)c1ccc(Cl)c(S(=O)(=O)NCC2CCCO2)c1)C(=O)NC1CCCCC1. The molecule has 1 aromatic rings. The van der Waals surface area contributed by atoms with Crippen molar-refractivity contribution in [2.75, 3.05) is 13.2 Å². The van der Waals surface area contributed by atoms with E-state index in [2.05, 4.69) is 10.0 Å². The average molecular weight is 473 g/mol. The highest BCUT2D eigenvalue weighted by Gasteiger charge is 2.26. The lowest BCUT2D eigenvalue weighted by Gasteiger charge is -2.24. The molecule has 1 heterocycles. The molecule has 0 bridgehead atoms. The largest absolute Gasteiger partial charge is 0.449 e. The Labute approximate surface area is 188 Å². The number of benzene rings is 1. The standard InChI is InChI=1S/C21H29ClN2O6S/c1-14(20(25)24-16-6-3-2-4-7-16)30-21(26)15-9-10-18(22)19(12-15)31(27,28)23-13-17-8-5-11-29-17/h9-10,12,14,16-17,23H,2-8,11,13H2,1H3,(H,24,25). The lowest BCUT2D eigenvalue weighted by Crippen LogP contribution is -2.42. The number of nitrogens with one attached hydrogen (secondary N) is 2. The van der Waals surface area contributed by atoms with Crippen LogP contribution in [0.4, 0.5) is 0 Å². The highest BCUT2D eigenvalue weighted by molar-refractivity contribution is 7.89. The van der Waals surface area contributed by atoms with E-state index in [-0.39, 0.29) is 40.1 Å². The Bertz CT molecular complexity index is 895. The molecule has 1 aromatic carbocycles. The predicted octanol–water partition coefficient (Wildman–Crippen LogP) is 2.79. The van der Waals surface area contributed by atoms with Gasteiger partial charge in [0.25, 0.3) is 5.91 Å². The summed E-state index contributed by atoms with van der Waals surface area (Å²) in [6.07, 6.45) is 5.65. The first-order chi connectivity index (χ1) is 14.8. The summed E-state index contributed by atoms with van der Waals surface area (Å²) >= 11 is 6.08. The van der Waals surface area contributed by atoms with Crippen molar-refractivity contribution in [3.05, 3.63) is 28.8 Å². The number of hydrogen-bond acceptors (Lipinski definition) is 6. The van der Waals surface area contributed by atoms with Gasteiger partial charge in [-0.3, -0.25) is 4.79 Å². The van der Waals surface area contributed by atoms with Crippen molar-refractivity contribution in [2.24, 2.45) is 0 Å². The van der Waals surface area contributed by atoms with E-state index in [1.165, 1.54) is 25.5 Å². The van der Waals surface area contributed by atoms with Gasteiger partial charge in [0, 0.05) is 19.2 Å². The number of amides is 1. The van der Waals surface area contributed by atoms with Crippen molar-refractivity contribution in [1.29, 1.82) is 0 Å². The number of sulfonamides is 1. The van der Waals surface area contributed by atoms with Crippen LogP contribution in [0.5, 0.6) is 0 Å². The number of hydrogen-bond donors (Lipinski definition) is 2. The molecule has 10 heteroatoms. The van der Waals surface area contributed by atoms with Crippen molar-refractivity contribution in [2.45, 2.75) is 75.0 Å². The number of carbonyl (C=O) groups is 2. The minimum absolute atomic E-state index is 0.000734. The molecule has 2 fully saturated rings. The Morgan fingerprint density at radius 2 is 1.94 bits per heavy atom. The van der Waals surface area contributed by atoms with E-state index in [4.69, 9.17) is 21.1 Å². The highest BCUT2D eigenvalue weighted by Crippen LogP contribution is 2.24. The molecule has 0 aromatic heterocycles. The van der Waals surface area contributed by atoms with Crippen molar-refractivity contribution in [3.8, 4) is 0 Å². The van der Waals surface area contributed by atoms with Gasteiger partial charge in [-0.2, -0.15) is 0 Å². The van der Waals surface area contributed by atoms with Crippen molar-refractivity contribution in [3.63, 3.8) is 0 Å². The summed E-state index contributed by atoms with van der Waals surface area (Å²) in [5.74, 6) is -1.15. The summed E-state index contributed by atoms with van der Waals surface area (Å²) in [4.78, 5) is 24.6. The van der Waals surface area contributed by atoms with Crippen molar-refractivity contribution >= 4 is 33.5 Å². The van der Waals surface area contributed by atoms with Crippen LogP contribution in [0, 0.1) is 0 Å². The quantitative estimate of drug-likeness (QED) is 0.563. The summed E-state index contributed by atoms with van der Waals surface area (Å²) in [6, 6.07) is 3.96. The molecule has 1 amide bonds. The first kappa shape index (κ1) is 24.0. The monoisotopic (exact) mass is 472 g/mol. The minimum Gasteiger partial charge on any atom is -0.449 e. The van der Waals surface area contributed by atoms with Crippen LogP contribution in [0.2, 0.25) is 5.02 Å². The molecule has 1 aliphatic heterocycles. The number of halogens is 1. The van der Waals surface area contributed by atoms with Crippen LogP contribution in [0.15, 0.2) is 23.1 Å². The molecule has 0 spiro atoms. The van der Waals surface area contributed by atoms with Gasteiger partial charge < -0.3 is 14.8 Å². The molecule has 1 saturated heterocycles. The summed E-state index contributed by atoms with van der Waals surface area (Å²) in [5.41, 5.74) is -0.000734. The number of ether oxygens (including phenoxy) is 2. The maximum Gasteiger partial charge on any atom is 0.338 e. The van der Waals surface area contributed by atoms with Crippen LogP contribution in [-0.4, -0.2) is 51.7 Å². The second kappa shape index (κ2) is 10.8. The van der Waals surface area contributed by atoms with E-state index in [9.17, 15) is 18.0 Å². The molecule has 2 aliphatic rings. The Morgan fingerprint density at radius 3 is 2.61 bits per heavy atom. The van der Waals surface area contributed by atoms with Crippen molar-refractivity contribution in [1.82, 2.24) is 10.0 Å². The third kappa shape index (κ3) is 6.65. The fourth-order valence-corrected chi connectivity index (χ4v) is 5.36. The van der Waals surface area contributed by atoms with Crippen LogP contribution < -0.4 is 10.0 Å². The fraction of sp³-hybridized carbons (Fsp3) is 0.619. The van der Waals surface area contributed by atoms with Gasteiger partial charge in [0.15, 0.2) is 6.10 Å². The summed E-state index contributed by atoms with van der Waals surface area (Å²) < 4.78 is 38.5. The lowest BCUT2D eigenvalue weighted by atomic mass is 9.95. The van der Waals surface area contributed by atoms with E-state index < -0.39 is 22.1 Å². The summed E-state index contributed by atoms with van der Waals surface area (Å²) in [7, 11) is -3.95. The number of esters is 1. The maximum absolute atomic E-state index is 12.7. The third-order valence-electron chi connectivity index (χ3n) is 5.59. The minimum atomic E-state index is -3.95. The van der Waals surface area contributed by atoms with Crippen LogP contribution >= 0.6 is 11.6 Å². The Hall–Kier alpha value is -1.68. The maximum atomic E-state index is 12.7. The molecule has 2 N–H and O–H groups in total. The van der Waals surface area contributed by atoms with E-state index in [1.807, 2.05) is 0 Å². The number of rotatable bonds is 8. The molecule has 2 atom stereocenters. The van der Waals surface area contributed by atoms with Gasteiger partial charge in [-0.1, -0.05) is 30.9 Å². The first-order valence-electron chi connectivity index (χ1n) is 10.7. The lowest BCUT2D eigenvalue weighted by molar-refractivity contribution is -0.130. The average Bonchev–Trinajstić information content (AvgIpc) is 3.27. The normalized spacial score (nSPS) is 20.9. The van der Waals surface area contributed by atoms with Gasteiger partial charge in [0.2, 0.25) is 10.0 Å². The molecular weight excluding hydrogens is 444 g/mol. The number of carbonyl (C=O) groups excluding carboxylic acids is 2. The molecule has 0 radical (unpaired) electrons. The molecule has 1 saturated carbocycles. The van der Waals surface area contributed by atoms with E-state index in [0.717, 1.165) is 44.6 Å². The van der Waals surface area contributed by atoms with Gasteiger partial charge in [-0.15, -0.1) is 0 Å². The zero-order valence-corrected chi connectivity index (χ0v) is 19.1. The van der Waals surface area contributed by atoms with E-state index >= 15 is 0 Å². The van der Waals surface area contributed by atoms with Crippen molar-refractivity contribution < 1.29 is 27.5 Å². The second-order valence-corrected chi connectivity index (χ2v) is 10.2. The zero-order chi connectivity index (χ0) is 22.4. The van der Waals surface area contributed by atoms with Crippen LogP contribution in [-0.2, 0) is 24.3 Å². The molecule has 1 aliphatic carbocycles. The highest BCUT2D eigenvalue weighted by atomic mass is 35.5. The summed E-state index contributed by atoms with van der Waals surface area (Å²) in [5, 5.41) is 2.89. The van der Waals surface area contributed by atoms with Gasteiger partial charge in [-0.25, -0.2) is 17.9 Å². The predicted molar refractivity (Wildman–Crippen MR) is 116 cm³/mol. The molecule has 3 rings (SSSR count). The van der Waals surface area contributed by atoms with Crippen LogP contribution in [0.3, 0.4) is 0 Å². The van der Waals surface area contributed by atoms with E-state index in [1.54, 1.807) is 0 Å². The Morgan fingerprint density at radius 1 is 1.19 bits per heavy atom. The van der Waals surface area contributed by atoms with Crippen LogP contribution in [0.25, 0.3) is 0 Å². The molecule has 2 unspecified atom stereocenters.